The van der Waals surface area contributed by atoms with Crippen molar-refractivity contribution in [3.05, 3.63) is 35.9 Å². The van der Waals surface area contributed by atoms with Crippen molar-refractivity contribution in [2.45, 2.75) is 26.3 Å². The van der Waals surface area contributed by atoms with E-state index in [1.165, 1.54) is 0 Å². The normalized spacial score (nSPS) is 11.8. The fraction of sp³-hybridized carbons (Fsp3) is 0.385. The lowest BCUT2D eigenvalue weighted by atomic mass is 10.0. The van der Waals surface area contributed by atoms with Gasteiger partial charge in [0.05, 0.1) is 16.9 Å². The predicted molar refractivity (Wildman–Crippen MR) is 68.6 cm³/mol. The lowest BCUT2D eigenvalue weighted by molar-refractivity contribution is 0.416. The summed E-state index contributed by atoms with van der Waals surface area (Å²) in [5.41, 5.74) is 2.69. The zero-order valence-corrected chi connectivity index (χ0v) is 10.7. The maximum Gasteiger partial charge on any atom is 0.148 e. The van der Waals surface area contributed by atoms with Gasteiger partial charge in [0, 0.05) is 11.9 Å². The van der Waals surface area contributed by atoms with Crippen molar-refractivity contribution in [3.8, 4) is 11.4 Å². The molecule has 0 atom stereocenters. The number of nitrogens with zero attached hydrogens (tertiary/aromatic N) is 2. The Balaban J connectivity index is 2.50. The molecule has 17 heavy (non-hydrogen) atoms. The minimum Gasteiger partial charge on any atom is -0.360 e. The quantitative estimate of drug-likeness (QED) is 0.850. The summed E-state index contributed by atoms with van der Waals surface area (Å²) in [7, 11) is 1.92. The van der Waals surface area contributed by atoms with E-state index < -0.39 is 0 Å². The predicted octanol–water partition coefficient (Wildman–Crippen LogP) is 2.23. The highest BCUT2D eigenvalue weighted by molar-refractivity contribution is 5.54. The van der Waals surface area contributed by atoms with E-state index >= 15 is 0 Å². The van der Waals surface area contributed by atoms with Gasteiger partial charge in [-0.05, 0) is 46.0 Å². The monoisotopic (exact) mass is 230 g/mol. The van der Waals surface area contributed by atoms with Crippen LogP contribution in [0.5, 0.6) is 0 Å². The Bertz CT molecular complexity index is 500. The molecule has 0 spiro atoms. The number of nitrogens with one attached hydrogen (secondary N) is 2. The van der Waals surface area contributed by atoms with Gasteiger partial charge in [-0.15, -0.1) is 0 Å². The smallest absolute Gasteiger partial charge is 0.148 e. The van der Waals surface area contributed by atoms with Crippen LogP contribution in [0.15, 0.2) is 24.4 Å². The highest BCUT2D eigenvalue weighted by Gasteiger charge is 2.22. The Morgan fingerprint density at radius 3 is 2.65 bits per heavy atom. The van der Waals surface area contributed by atoms with Crippen molar-refractivity contribution in [1.29, 1.82) is 0 Å². The highest BCUT2D eigenvalue weighted by atomic mass is 15.0. The van der Waals surface area contributed by atoms with Crippen LogP contribution in [0, 0.1) is 6.92 Å². The number of aromatic nitrogens is 3. The van der Waals surface area contributed by atoms with E-state index in [9.17, 15) is 0 Å². The lowest BCUT2D eigenvalue weighted by Gasteiger charge is -2.22. The SMILES string of the molecule is CNC(C)(C)c1nc(C)cc(-c2ccc[nH]2)n1. The lowest BCUT2D eigenvalue weighted by Crippen LogP contribution is -2.35. The zero-order chi connectivity index (χ0) is 12.5. The summed E-state index contributed by atoms with van der Waals surface area (Å²) in [6.45, 7) is 6.13. The summed E-state index contributed by atoms with van der Waals surface area (Å²) in [5.74, 6) is 0.810. The molecule has 4 nitrogen and oxygen atoms in total. The molecule has 2 N–H and O–H groups in total. The second kappa shape index (κ2) is 4.30. The van der Waals surface area contributed by atoms with E-state index in [0.717, 1.165) is 22.9 Å². The maximum absolute atomic E-state index is 4.61. The average molecular weight is 230 g/mol. The molecule has 0 saturated carbocycles. The number of aryl methyl sites for hydroxylation is 1. The van der Waals surface area contributed by atoms with Crippen LogP contribution >= 0.6 is 0 Å². The van der Waals surface area contributed by atoms with E-state index in [4.69, 9.17) is 0 Å². The Labute approximate surface area is 102 Å². The summed E-state index contributed by atoms with van der Waals surface area (Å²) < 4.78 is 0. The molecule has 0 radical (unpaired) electrons. The molecular weight excluding hydrogens is 212 g/mol. The number of hydrogen-bond donors (Lipinski definition) is 2. The van der Waals surface area contributed by atoms with Crippen molar-refractivity contribution >= 4 is 0 Å². The topological polar surface area (TPSA) is 53.6 Å². The number of H-pyrrole nitrogens is 1. The number of aromatic amines is 1. The first-order valence-electron chi connectivity index (χ1n) is 5.72. The molecule has 2 aromatic rings. The van der Waals surface area contributed by atoms with Gasteiger partial charge < -0.3 is 10.3 Å². The summed E-state index contributed by atoms with van der Waals surface area (Å²) in [6.07, 6.45) is 1.90. The minimum absolute atomic E-state index is 0.229. The molecule has 2 heterocycles. The fourth-order valence-electron chi connectivity index (χ4n) is 1.59. The van der Waals surface area contributed by atoms with E-state index in [1.807, 2.05) is 38.4 Å². The second-order valence-corrected chi connectivity index (χ2v) is 4.68. The van der Waals surface area contributed by atoms with Gasteiger partial charge >= 0.3 is 0 Å². The van der Waals surface area contributed by atoms with E-state index in [1.54, 1.807) is 0 Å². The Morgan fingerprint density at radius 2 is 2.06 bits per heavy atom. The molecule has 0 aromatic carbocycles. The molecule has 0 amide bonds. The van der Waals surface area contributed by atoms with Gasteiger partial charge in [-0.25, -0.2) is 9.97 Å². The third-order valence-electron chi connectivity index (χ3n) is 2.91. The van der Waals surface area contributed by atoms with Crippen LogP contribution in [0.2, 0.25) is 0 Å². The Hall–Kier alpha value is -1.68. The summed E-state index contributed by atoms with van der Waals surface area (Å²) in [4.78, 5) is 12.3. The zero-order valence-electron chi connectivity index (χ0n) is 10.7. The van der Waals surface area contributed by atoms with E-state index in [2.05, 4.69) is 34.1 Å². The third kappa shape index (κ3) is 2.36. The summed E-state index contributed by atoms with van der Waals surface area (Å²) in [5, 5.41) is 3.22. The molecule has 0 aliphatic rings. The van der Waals surface area contributed by atoms with Crippen LogP contribution in [0.3, 0.4) is 0 Å². The first-order valence-corrected chi connectivity index (χ1v) is 5.72. The molecule has 90 valence electrons. The summed E-state index contributed by atoms with van der Waals surface area (Å²) in [6, 6.07) is 5.97. The van der Waals surface area contributed by atoms with E-state index in [0.29, 0.717) is 0 Å². The minimum atomic E-state index is -0.229. The molecule has 0 aliphatic heterocycles. The van der Waals surface area contributed by atoms with E-state index in [-0.39, 0.29) is 5.54 Å². The molecule has 0 saturated heterocycles. The molecule has 0 unspecified atom stereocenters. The van der Waals surface area contributed by atoms with Gasteiger partial charge in [0.25, 0.3) is 0 Å². The van der Waals surface area contributed by atoms with Crippen LogP contribution in [-0.4, -0.2) is 22.0 Å². The van der Waals surface area contributed by atoms with Crippen LogP contribution in [0.25, 0.3) is 11.4 Å². The summed E-state index contributed by atoms with van der Waals surface area (Å²) >= 11 is 0. The maximum atomic E-state index is 4.61. The average Bonchev–Trinajstić information content (AvgIpc) is 2.81. The number of rotatable bonds is 3. The highest BCUT2D eigenvalue weighted by Crippen LogP contribution is 2.20. The van der Waals surface area contributed by atoms with Crippen molar-refractivity contribution in [2.24, 2.45) is 0 Å². The standard InChI is InChI=1S/C13H18N4/c1-9-8-11(10-6-5-7-15-10)17-12(16-9)13(2,3)14-4/h5-8,14-15H,1-4H3. The van der Waals surface area contributed by atoms with Gasteiger partial charge in [-0.1, -0.05) is 0 Å². The first-order chi connectivity index (χ1) is 8.03. The molecule has 0 bridgehead atoms. The third-order valence-corrected chi connectivity index (χ3v) is 2.91. The van der Waals surface area contributed by atoms with Gasteiger partial charge in [-0.3, -0.25) is 0 Å². The Kier molecular flexibility index (Phi) is 2.98. The molecule has 0 aliphatic carbocycles. The van der Waals surface area contributed by atoms with Crippen molar-refractivity contribution in [2.75, 3.05) is 7.05 Å². The first kappa shape index (κ1) is 11.8. The van der Waals surface area contributed by atoms with Crippen LogP contribution in [0.1, 0.15) is 25.4 Å². The second-order valence-electron chi connectivity index (χ2n) is 4.68. The van der Waals surface area contributed by atoms with Crippen molar-refractivity contribution in [3.63, 3.8) is 0 Å². The molecule has 2 rings (SSSR count). The van der Waals surface area contributed by atoms with Gasteiger partial charge in [0.2, 0.25) is 0 Å². The largest absolute Gasteiger partial charge is 0.360 e. The molecule has 0 fully saturated rings. The van der Waals surface area contributed by atoms with Crippen LogP contribution < -0.4 is 5.32 Å². The van der Waals surface area contributed by atoms with Crippen molar-refractivity contribution in [1.82, 2.24) is 20.3 Å². The molecule has 4 heteroatoms. The van der Waals surface area contributed by atoms with Gasteiger partial charge in [0.1, 0.15) is 5.82 Å². The van der Waals surface area contributed by atoms with Crippen molar-refractivity contribution < 1.29 is 0 Å². The Morgan fingerprint density at radius 1 is 1.29 bits per heavy atom. The van der Waals surface area contributed by atoms with Gasteiger partial charge in [0.15, 0.2) is 0 Å². The number of hydrogen-bond acceptors (Lipinski definition) is 3. The fourth-order valence-corrected chi connectivity index (χ4v) is 1.59. The van der Waals surface area contributed by atoms with Crippen LogP contribution in [0.4, 0.5) is 0 Å². The molecular formula is C13H18N4. The molecule has 2 aromatic heterocycles. The van der Waals surface area contributed by atoms with Gasteiger partial charge in [-0.2, -0.15) is 0 Å². The van der Waals surface area contributed by atoms with Crippen LogP contribution in [-0.2, 0) is 5.54 Å².